The van der Waals surface area contributed by atoms with Crippen LogP contribution >= 0.6 is 0 Å². The highest BCUT2D eigenvalue weighted by Crippen LogP contribution is 2.27. The molecule has 2 aromatic carbocycles. The molecule has 12 heteroatoms. The van der Waals surface area contributed by atoms with Crippen LogP contribution in [0.25, 0.3) is 16.8 Å². The summed E-state index contributed by atoms with van der Waals surface area (Å²) in [7, 11) is 3.62. The molecule has 1 aromatic heterocycles. The second-order valence-corrected chi connectivity index (χ2v) is 11.0. The fourth-order valence-electron chi connectivity index (χ4n) is 5.37. The predicted octanol–water partition coefficient (Wildman–Crippen LogP) is 1.14. The molecule has 42 heavy (non-hydrogen) atoms. The first-order valence-electron chi connectivity index (χ1n) is 14.1. The number of carbonyl (C=O) groups excluding carboxylic acids is 1. The molecule has 2 saturated heterocycles. The molecule has 12 nitrogen and oxygen atoms in total. The average molecular weight is 576 g/mol. The number of piperazine rings is 1. The molecule has 0 spiro atoms. The maximum Gasteiger partial charge on any atom is 0.262 e. The Morgan fingerprint density at radius 2 is 1.90 bits per heavy atom. The molecular formula is C30H37N7O5. The number of hydrogen-bond acceptors (Lipinski definition) is 10. The third kappa shape index (κ3) is 6.61. The molecular weight excluding hydrogens is 538 g/mol. The molecule has 3 heterocycles. The van der Waals surface area contributed by atoms with Gasteiger partial charge in [-0.1, -0.05) is 30.3 Å². The number of fused-ring (bicyclic) bond motifs is 1. The lowest BCUT2D eigenvalue weighted by Crippen LogP contribution is -2.55. The van der Waals surface area contributed by atoms with Gasteiger partial charge in [0.2, 0.25) is 0 Å². The molecule has 3 N–H and O–H groups in total. The highest BCUT2D eigenvalue weighted by molar-refractivity contribution is 6.02. The minimum absolute atomic E-state index is 0.0248. The topological polar surface area (TPSA) is 149 Å². The van der Waals surface area contributed by atoms with Crippen molar-refractivity contribution in [1.29, 1.82) is 5.26 Å². The van der Waals surface area contributed by atoms with E-state index in [1.54, 1.807) is 19.2 Å². The zero-order valence-corrected chi connectivity index (χ0v) is 24.1. The van der Waals surface area contributed by atoms with E-state index >= 15 is 0 Å². The van der Waals surface area contributed by atoms with Gasteiger partial charge in [-0.25, -0.2) is 4.68 Å². The Morgan fingerprint density at radius 1 is 1.17 bits per heavy atom. The number of aliphatic hydroxyl groups is 2. The van der Waals surface area contributed by atoms with Crippen LogP contribution in [-0.4, -0.2) is 101 Å². The van der Waals surface area contributed by atoms with Gasteiger partial charge in [-0.15, -0.1) is 5.10 Å². The number of aromatic nitrogens is 3. The standard InChI is InChI=1S/C30H37N7O5/c1-19-27(38)28(39)26(42-30(19)41-3)18-37-17-24(33-34-37)16-32-29(40)23(15-31)13-20-4-5-22-14-25(7-6-21(22)12-20)36-10-8-35(2)9-11-36/h4-7,12-14,17,19,26-28,30,38-39H,8-11,16,18H2,1-3H3,(H,32,40)/b23-13+/t19-,26-,27-,28-,30+/m1/s1. The number of benzene rings is 2. The van der Waals surface area contributed by atoms with Crippen molar-refractivity contribution in [3.63, 3.8) is 0 Å². The van der Waals surface area contributed by atoms with Gasteiger partial charge in [-0.05, 0) is 47.7 Å². The van der Waals surface area contributed by atoms with E-state index in [0.29, 0.717) is 5.69 Å². The van der Waals surface area contributed by atoms with Crippen LogP contribution in [0, 0.1) is 17.2 Å². The SMILES string of the molecule is CO[C@H]1O[C@H](Cn2cc(CNC(=O)/C(C#N)=C/c3ccc4cc(N5CCN(C)CC5)ccc4c3)nn2)[C@@H](O)[C@H](O)[C@H]1C. The van der Waals surface area contributed by atoms with Crippen LogP contribution in [0.2, 0.25) is 0 Å². The maximum atomic E-state index is 12.8. The summed E-state index contributed by atoms with van der Waals surface area (Å²) in [5.41, 5.74) is 2.39. The number of carbonyl (C=O) groups is 1. The van der Waals surface area contributed by atoms with Crippen LogP contribution < -0.4 is 10.2 Å². The van der Waals surface area contributed by atoms with E-state index in [1.807, 2.05) is 24.3 Å². The Hall–Kier alpha value is -3.86. The summed E-state index contributed by atoms with van der Waals surface area (Å²) in [6.45, 7) is 6.00. The quantitative estimate of drug-likeness (QED) is 0.264. The molecule has 222 valence electrons. The van der Waals surface area contributed by atoms with E-state index in [9.17, 15) is 20.3 Å². The largest absolute Gasteiger partial charge is 0.390 e. The zero-order valence-electron chi connectivity index (χ0n) is 24.1. The monoisotopic (exact) mass is 575 g/mol. The Balaban J connectivity index is 1.19. The number of nitrogens with one attached hydrogen (secondary N) is 1. The second kappa shape index (κ2) is 13.0. The summed E-state index contributed by atoms with van der Waals surface area (Å²) < 4.78 is 12.5. The number of hydrogen-bond donors (Lipinski definition) is 3. The van der Waals surface area contributed by atoms with Crippen molar-refractivity contribution in [3.8, 4) is 6.07 Å². The van der Waals surface area contributed by atoms with Gasteiger partial charge >= 0.3 is 0 Å². The number of aliphatic hydroxyl groups excluding tert-OH is 2. The number of ether oxygens (including phenoxy) is 2. The Bertz CT molecular complexity index is 1470. The number of likely N-dealkylation sites (N-methyl/N-ethyl adjacent to an activating group) is 1. The van der Waals surface area contributed by atoms with Gasteiger partial charge in [-0.2, -0.15) is 5.26 Å². The molecule has 2 aliphatic heterocycles. The van der Waals surface area contributed by atoms with Crippen LogP contribution in [0.5, 0.6) is 0 Å². The highest BCUT2D eigenvalue weighted by Gasteiger charge is 2.42. The molecule has 0 bridgehead atoms. The van der Waals surface area contributed by atoms with E-state index in [2.05, 4.69) is 50.7 Å². The van der Waals surface area contributed by atoms with Gasteiger partial charge in [-0.3, -0.25) is 4.79 Å². The predicted molar refractivity (Wildman–Crippen MR) is 156 cm³/mol. The molecule has 5 rings (SSSR count). The first kappa shape index (κ1) is 29.6. The third-order valence-corrected chi connectivity index (χ3v) is 8.02. The average Bonchev–Trinajstić information content (AvgIpc) is 3.46. The van der Waals surface area contributed by atoms with Crippen molar-refractivity contribution in [2.75, 3.05) is 45.2 Å². The van der Waals surface area contributed by atoms with E-state index in [1.165, 1.54) is 17.5 Å². The lowest BCUT2D eigenvalue weighted by molar-refractivity contribution is -0.272. The molecule has 1 amide bonds. The molecule has 5 atom stereocenters. The lowest BCUT2D eigenvalue weighted by Gasteiger charge is -2.40. The number of nitrogens with zero attached hydrogens (tertiary/aromatic N) is 6. The van der Waals surface area contributed by atoms with Gasteiger partial charge < -0.3 is 34.8 Å². The molecule has 2 fully saturated rings. The second-order valence-electron chi connectivity index (χ2n) is 11.0. The Labute approximate surface area is 244 Å². The fourth-order valence-corrected chi connectivity index (χ4v) is 5.37. The maximum absolute atomic E-state index is 12.8. The molecule has 0 saturated carbocycles. The fraction of sp³-hybridized carbons (Fsp3) is 0.467. The van der Waals surface area contributed by atoms with Gasteiger partial charge in [0.15, 0.2) is 6.29 Å². The normalized spacial score (nSPS) is 25.4. The van der Waals surface area contributed by atoms with Gasteiger partial charge in [0.25, 0.3) is 5.91 Å². The summed E-state index contributed by atoms with van der Waals surface area (Å²) in [4.78, 5) is 17.5. The van der Waals surface area contributed by atoms with Crippen molar-refractivity contribution in [1.82, 2.24) is 25.2 Å². The molecule has 0 unspecified atom stereocenters. The minimum atomic E-state index is -1.11. The number of amides is 1. The van der Waals surface area contributed by atoms with E-state index in [4.69, 9.17) is 9.47 Å². The van der Waals surface area contributed by atoms with E-state index in [0.717, 1.165) is 42.5 Å². The smallest absolute Gasteiger partial charge is 0.262 e. The van der Waals surface area contributed by atoms with Crippen molar-refractivity contribution < 1.29 is 24.5 Å². The summed E-state index contributed by atoms with van der Waals surface area (Å²) in [5.74, 6) is -0.913. The summed E-state index contributed by atoms with van der Waals surface area (Å²) >= 11 is 0. The lowest BCUT2D eigenvalue weighted by atomic mass is 9.92. The number of methoxy groups -OCH3 is 1. The van der Waals surface area contributed by atoms with Gasteiger partial charge in [0, 0.05) is 44.9 Å². The first-order valence-corrected chi connectivity index (χ1v) is 14.1. The molecule has 0 radical (unpaired) electrons. The van der Waals surface area contributed by atoms with Crippen molar-refractivity contribution in [3.05, 3.63) is 59.4 Å². The number of nitriles is 1. The minimum Gasteiger partial charge on any atom is -0.390 e. The summed E-state index contributed by atoms with van der Waals surface area (Å²) in [5, 5.41) is 43.3. The van der Waals surface area contributed by atoms with Crippen molar-refractivity contribution in [2.45, 2.75) is 44.6 Å². The van der Waals surface area contributed by atoms with E-state index < -0.39 is 30.5 Å². The number of anilines is 1. The van der Waals surface area contributed by atoms with Crippen LogP contribution in [0.4, 0.5) is 5.69 Å². The van der Waals surface area contributed by atoms with Gasteiger partial charge in [0.1, 0.15) is 29.5 Å². The highest BCUT2D eigenvalue weighted by atomic mass is 16.7. The summed E-state index contributed by atoms with van der Waals surface area (Å²) in [6.07, 6.45) is -0.350. The third-order valence-electron chi connectivity index (χ3n) is 8.02. The van der Waals surface area contributed by atoms with E-state index in [-0.39, 0.29) is 24.6 Å². The molecule has 2 aliphatic rings. The van der Waals surface area contributed by atoms with Crippen LogP contribution in [0.3, 0.4) is 0 Å². The molecule has 0 aliphatic carbocycles. The Morgan fingerprint density at radius 3 is 2.64 bits per heavy atom. The summed E-state index contributed by atoms with van der Waals surface area (Å²) in [6, 6.07) is 14.2. The molecule has 3 aromatic rings. The van der Waals surface area contributed by atoms with Crippen molar-refractivity contribution in [2.24, 2.45) is 5.92 Å². The van der Waals surface area contributed by atoms with Crippen LogP contribution in [0.15, 0.2) is 48.2 Å². The van der Waals surface area contributed by atoms with Crippen LogP contribution in [-0.2, 0) is 27.4 Å². The zero-order chi connectivity index (χ0) is 29.8. The first-order chi connectivity index (χ1) is 20.2. The van der Waals surface area contributed by atoms with Crippen molar-refractivity contribution >= 4 is 28.4 Å². The van der Waals surface area contributed by atoms with Gasteiger partial charge in [0.05, 0.1) is 25.4 Å². The Kier molecular flexibility index (Phi) is 9.15. The van der Waals surface area contributed by atoms with Crippen LogP contribution in [0.1, 0.15) is 18.2 Å². The number of rotatable bonds is 8.